The lowest BCUT2D eigenvalue weighted by Gasteiger charge is -2.22. The van der Waals surface area contributed by atoms with Crippen LogP contribution in [0, 0.1) is 18.8 Å². The van der Waals surface area contributed by atoms with Gasteiger partial charge in [0.15, 0.2) is 0 Å². The van der Waals surface area contributed by atoms with E-state index < -0.39 is 0 Å². The van der Waals surface area contributed by atoms with Crippen LogP contribution in [0.25, 0.3) is 0 Å². The fourth-order valence-corrected chi connectivity index (χ4v) is 3.83. The molecule has 15 heavy (non-hydrogen) atoms. The average molecular weight is 222 g/mol. The summed E-state index contributed by atoms with van der Waals surface area (Å²) >= 11 is 1.75. The van der Waals surface area contributed by atoms with Gasteiger partial charge in [-0.05, 0) is 38.0 Å². The fraction of sp³-hybridized carbons (Fsp3) is 0.750. The zero-order chi connectivity index (χ0) is 10.3. The zero-order valence-electron chi connectivity index (χ0n) is 9.20. The lowest BCUT2D eigenvalue weighted by molar-refractivity contribution is 0.349. The third-order valence-corrected chi connectivity index (χ3v) is 4.77. The Balaban J connectivity index is 1.54. The molecule has 0 aliphatic heterocycles. The normalized spacial score (nSPS) is 33.8. The number of aryl methyl sites for hydroxylation is 1. The minimum absolute atomic E-state index is 0.783. The zero-order valence-corrected chi connectivity index (χ0v) is 10.0. The summed E-state index contributed by atoms with van der Waals surface area (Å²) in [5.74, 6) is 2.00. The van der Waals surface area contributed by atoms with Crippen LogP contribution in [0.2, 0.25) is 0 Å². The highest BCUT2D eigenvalue weighted by Gasteiger charge is 2.38. The molecule has 1 heterocycles. The van der Waals surface area contributed by atoms with Crippen LogP contribution in [-0.4, -0.2) is 11.0 Å². The number of thiazole rings is 1. The predicted molar refractivity (Wildman–Crippen MR) is 62.9 cm³/mol. The molecule has 2 nitrogen and oxygen atoms in total. The van der Waals surface area contributed by atoms with Gasteiger partial charge in [-0.1, -0.05) is 6.42 Å². The van der Waals surface area contributed by atoms with Crippen LogP contribution in [0.4, 0.5) is 0 Å². The average Bonchev–Trinajstić information content (AvgIpc) is 2.90. The van der Waals surface area contributed by atoms with Crippen molar-refractivity contribution in [1.29, 1.82) is 0 Å². The summed E-state index contributed by atoms with van der Waals surface area (Å²) in [6.07, 6.45) is 5.83. The Hall–Kier alpha value is -0.410. The van der Waals surface area contributed by atoms with Crippen molar-refractivity contribution in [2.45, 2.75) is 45.2 Å². The van der Waals surface area contributed by atoms with Gasteiger partial charge in [-0.2, -0.15) is 0 Å². The molecule has 1 N–H and O–H groups in total. The molecule has 3 heteroatoms. The lowest BCUT2D eigenvalue weighted by atomic mass is 9.95. The van der Waals surface area contributed by atoms with E-state index in [4.69, 9.17) is 0 Å². The van der Waals surface area contributed by atoms with Crippen LogP contribution in [0.3, 0.4) is 0 Å². The van der Waals surface area contributed by atoms with Crippen molar-refractivity contribution in [1.82, 2.24) is 10.3 Å². The van der Waals surface area contributed by atoms with Crippen LogP contribution in [0.5, 0.6) is 0 Å². The van der Waals surface area contributed by atoms with Crippen molar-refractivity contribution in [3.8, 4) is 0 Å². The van der Waals surface area contributed by atoms with Crippen molar-refractivity contribution in [3.05, 3.63) is 16.1 Å². The van der Waals surface area contributed by atoms with Crippen LogP contribution in [0.15, 0.2) is 5.38 Å². The summed E-state index contributed by atoms with van der Waals surface area (Å²) in [4.78, 5) is 4.49. The molecule has 0 aromatic carbocycles. The van der Waals surface area contributed by atoms with Gasteiger partial charge >= 0.3 is 0 Å². The Labute approximate surface area is 95.1 Å². The standard InChI is InChI=1S/C12H18N2S/c1-8-14-11(7-15-8)6-13-12-5-9-2-3-10(12)4-9/h7,9-10,12-13H,2-6H2,1H3. The summed E-state index contributed by atoms with van der Waals surface area (Å²) < 4.78 is 0. The molecule has 2 saturated carbocycles. The first-order valence-electron chi connectivity index (χ1n) is 5.95. The maximum Gasteiger partial charge on any atom is 0.0897 e. The predicted octanol–water partition coefficient (Wildman–Crippen LogP) is 2.73. The van der Waals surface area contributed by atoms with E-state index in [1.165, 1.54) is 36.4 Å². The number of rotatable bonds is 3. The molecule has 3 rings (SSSR count). The highest BCUT2D eigenvalue weighted by molar-refractivity contribution is 7.09. The molecule has 0 spiro atoms. The monoisotopic (exact) mass is 222 g/mol. The largest absolute Gasteiger partial charge is 0.308 e. The van der Waals surface area contributed by atoms with Crippen LogP contribution in [0.1, 0.15) is 36.4 Å². The summed E-state index contributed by atoms with van der Waals surface area (Å²) in [6.45, 7) is 3.05. The third-order valence-electron chi connectivity index (χ3n) is 3.95. The van der Waals surface area contributed by atoms with Crippen molar-refractivity contribution in [2.75, 3.05) is 0 Å². The van der Waals surface area contributed by atoms with Gasteiger partial charge in [-0.3, -0.25) is 0 Å². The first-order chi connectivity index (χ1) is 7.31. The number of nitrogens with zero attached hydrogens (tertiary/aromatic N) is 1. The molecule has 3 atom stereocenters. The van der Waals surface area contributed by atoms with Gasteiger partial charge in [-0.25, -0.2) is 4.98 Å². The van der Waals surface area contributed by atoms with E-state index in [2.05, 4.69) is 22.6 Å². The van der Waals surface area contributed by atoms with E-state index in [-0.39, 0.29) is 0 Å². The molecule has 0 amide bonds. The molecule has 3 unspecified atom stereocenters. The summed E-state index contributed by atoms with van der Waals surface area (Å²) in [7, 11) is 0. The molecule has 2 aliphatic rings. The van der Waals surface area contributed by atoms with Gasteiger partial charge < -0.3 is 5.32 Å². The van der Waals surface area contributed by atoms with Crippen LogP contribution >= 0.6 is 11.3 Å². The molecule has 0 saturated heterocycles. The van der Waals surface area contributed by atoms with Gasteiger partial charge in [0.2, 0.25) is 0 Å². The molecular formula is C12H18N2S. The van der Waals surface area contributed by atoms with E-state index >= 15 is 0 Å². The van der Waals surface area contributed by atoms with E-state index in [0.29, 0.717) is 0 Å². The van der Waals surface area contributed by atoms with Crippen LogP contribution < -0.4 is 5.32 Å². The fourth-order valence-electron chi connectivity index (χ4n) is 3.22. The van der Waals surface area contributed by atoms with E-state index in [1.54, 1.807) is 11.3 Å². The Morgan fingerprint density at radius 1 is 1.47 bits per heavy atom. The molecule has 1 aromatic rings. The molecule has 2 bridgehead atoms. The Kier molecular flexibility index (Phi) is 2.53. The number of hydrogen-bond acceptors (Lipinski definition) is 3. The summed E-state index contributed by atoms with van der Waals surface area (Å²) in [5, 5.41) is 7.04. The summed E-state index contributed by atoms with van der Waals surface area (Å²) in [6, 6.07) is 0.783. The minimum Gasteiger partial charge on any atom is -0.308 e. The molecular weight excluding hydrogens is 204 g/mol. The second-order valence-corrected chi connectivity index (χ2v) is 6.08. The van der Waals surface area contributed by atoms with Gasteiger partial charge in [0.1, 0.15) is 0 Å². The summed E-state index contributed by atoms with van der Waals surface area (Å²) in [5.41, 5.74) is 1.22. The highest BCUT2D eigenvalue weighted by Crippen LogP contribution is 2.44. The van der Waals surface area contributed by atoms with Crippen molar-refractivity contribution >= 4 is 11.3 Å². The first-order valence-corrected chi connectivity index (χ1v) is 6.83. The van der Waals surface area contributed by atoms with E-state index in [1.807, 2.05) is 0 Å². The number of hydrogen-bond donors (Lipinski definition) is 1. The van der Waals surface area contributed by atoms with E-state index in [0.717, 1.165) is 24.4 Å². The Morgan fingerprint density at radius 3 is 3.00 bits per heavy atom. The Morgan fingerprint density at radius 2 is 2.40 bits per heavy atom. The quantitative estimate of drug-likeness (QED) is 0.850. The van der Waals surface area contributed by atoms with Crippen molar-refractivity contribution < 1.29 is 0 Å². The molecule has 0 radical (unpaired) electrons. The molecule has 2 fully saturated rings. The maximum absolute atomic E-state index is 4.49. The smallest absolute Gasteiger partial charge is 0.0897 e. The number of fused-ring (bicyclic) bond motifs is 2. The van der Waals surface area contributed by atoms with Crippen LogP contribution in [-0.2, 0) is 6.54 Å². The second kappa shape index (κ2) is 3.87. The SMILES string of the molecule is Cc1nc(CNC2CC3CCC2C3)cs1. The Bertz CT molecular complexity index is 347. The van der Waals surface area contributed by atoms with Crippen molar-refractivity contribution in [2.24, 2.45) is 11.8 Å². The van der Waals surface area contributed by atoms with Crippen molar-refractivity contribution in [3.63, 3.8) is 0 Å². The number of aromatic nitrogens is 1. The van der Waals surface area contributed by atoms with Gasteiger partial charge in [0.05, 0.1) is 10.7 Å². The van der Waals surface area contributed by atoms with Gasteiger partial charge in [0, 0.05) is 18.0 Å². The third kappa shape index (κ3) is 1.95. The second-order valence-electron chi connectivity index (χ2n) is 5.02. The lowest BCUT2D eigenvalue weighted by Crippen LogP contribution is -2.33. The van der Waals surface area contributed by atoms with Gasteiger partial charge in [-0.15, -0.1) is 11.3 Å². The highest BCUT2D eigenvalue weighted by atomic mass is 32.1. The number of nitrogens with one attached hydrogen (secondary N) is 1. The first kappa shape index (κ1) is 9.79. The molecule has 2 aliphatic carbocycles. The molecule has 82 valence electrons. The van der Waals surface area contributed by atoms with Gasteiger partial charge in [0.25, 0.3) is 0 Å². The maximum atomic E-state index is 4.49. The molecule has 1 aromatic heterocycles. The minimum atomic E-state index is 0.783. The topological polar surface area (TPSA) is 24.9 Å². The van der Waals surface area contributed by atoms with E-state index in [9.17, 15) is 0 Å².